The number of carboxylic acids is 1. The minimum absolute atomic E-state index is 0.253. The Bertz CT molecular complexity index is 466. The van der Waals surface area contributed by atoms with Crippen LogP contribution in [0.4, 0.5) is 0 Å². The van der Waals surface area contributed by atoms with Gasteiger partial charge in [0.15, 0.2) is 0 Å². The molecule has 0 fully saturated rings. The van der Waals surface area contributed by atoms with E-state index in [4.69, 9.17) is 5.11 Å². The Kier molecular flexibility index (Phi) is 32.4. The molecule has 0 aliphatic heterocycles. The Balaban J connectivity index is -0.000000144. The molecular formula is C19H30O8. The van der Waals surface area contributed by atoms with E-state index in [1.807, 2.05) is 6.92 Å². The maximum absolute atomic E-state index is 10.4. The molecule has 0 bridgehead atoms. The number of unbranched alkanes of at least 4 members (excludes halogenated alkanes) is 1. The third-order valence-electron chi connectivity index (χ3n) is 1.93. The van der Waals surface area contributed by atoms with Gasteiger partial charge in [-0.3, -0.25) is 0 Å². The minimum Gasteiger partial charge on any atom is -0.478 e. The lowest BCUT2D eigenvalue weighted by Gasteiger charge is -1.97. The van der Waals surface area contributed by atoms with Crippen LogP contribution in [0.15, 0.2) is 50.6 Å². The minimum atomic E-state index is -1.16. The summed E-state index contributed by atoms with van der Waals surface area (Å²) in [4.78, 5) is 40.4. The van der Waals surface area contributed by atoms with Crippen molar-refractivity contribution in [1.29, 1.82) is 0 Å². The molecule has 0 aliphatic rings. The SMILES string of the molecule is C=C.C=CC(=O)OC.C=CC(=O)OCCCC.CCOC(=O)C=CC(=O)O. The molecular weight excluding hydrogens is 356 g/mol. The lowest BCUT2D eigenvalue weighted by atomic mass is 10.4. The lowest BCUT2D eigenvalue weighted by Crippen LogP contribution is -2.00. The number of carbonyl (C=O) groups excluding carboxylic acids is 3. The van der Waals surface area contributed by atoms with Crippen molar-refractivity contribution >= 4 is 23.9 Å². The van der Waals surface area contributed by atoms with Crippen LogP contribution in [0.25, 0.3) is 0 Å². The van der Waals surface area contributed by atoms with Gasteiger partial charge in [-0.2, -0.15) is 0 Å². The summed E-state index contributed by atoms with van der Waals surface area (Å²) >= 11 is 0. The molecule has 0 radical (unpaired) electrons. The fourth-order valence-electron chi connectivity index (χ4n) is 0.789. The van der Waals surface area contributed by atoms with E-state index in [1.54, 1.807) is 6.92 Å². The first-order valence-electron chi connectivity index (χ1n) is 7.86. The average molecular weight is 386 g/mol. The average Bonchev–Trinajstić information content (AvgIpc) is 2.68. The summed E-state index contributed by atoms with van der Waals surface area (Å²) in [5.74, 6) is -2.52. The maximum atomic E-state index is 10.4. The zero-order valence-electron chi connectivity index (χ0n) is 16.3. The van der Waals surface area contributed by atoms with Crippen LogP contribution in [0.5, 0.6) is 0 Å². The highest BCUT2D eigenvalue weighted by Gasteiger charge is 1.94. The van der Waals surface area contributed by atoms with Crippen LogP contribution in [0.1, 0.15) is 26.7 Å². The Hall–Kier alpha value is -3.16. The molecule has 0 aromatic carbocycles. The van der Waals surface area contributed by atoms with Gasteiger partial charge in [-0.1, -0.05) is 26.5 Å². The number of carboxylic acid groups (broad SMARTS) is 1. The number of methoxy groups -OCH3 is 1. The lowest BCUT2D eigenvalue weighted by molar-refractivity contribution is -0.138. The Morgan fingerprint density at radius 2 is 1.41 bits per heavy atom. The van der Waals surface area contributed by atoms with Gasteiger partial charge in [0.1, 0.15) is 0 Å². The summed E-state index contributed by atoms with van der Waals surface area (Å²) < 4.78 is 13.2. The molecule has 0 unspecified atom stereocenters. The smallest absolute Gasteiger partial charge is 0.330 e. The van der Waals surface area contributed by atoms with Gasteiger partial charge in [-0.25, -0.2) is 19.2 Å². The van der Waals surface area contributed by atoms with Crippen molar-refractivity contribution < 1.29 is 38.5 Å². The second kappa shape index (κ2) is 27.7. The van der Waals surface area contributed by atoms with Gasteiger partial charge in [-0.05, 0) is 13.3 Å². The van der Waals surface area contributed by atoms with E-state index in [0.717, 1.165) is 31.1 Å². The highest BCUT2D eigenvalue weighted by molar-refractivity contribution is 5.90. The quantitative estimate of drug-likeness (QED) is 0.222. The third-order valence-corrected chi connectivity index (χ3v) is 1.93. The van der Waals surface area contributed by atoms with Gasteiger partial charge in [0, 0.05) is 24.3 Å². The topological polar surface area (TPSA) is 116 Å². The summed E-state index contributed by atoms with van der Waals surface area (Å²) in [5, 5.41) is 8.04. The summed E-state index contributed by atoms with van der Waals surface area (Å²) in [5.41, 5.74) is 0. The van der Waals surface area contributed by atoms with Crippen LogP contribution >= 0.6 is 0 Å². The monoisotopic (exact) mass is 386 g/mol. The van der Waals surface area contributed by atoms with E-state index in [9.17, 15) is 19.2 Å². The fourth-order valence-corrected chi connectivity index (χ4v) is 0.789. The predicted molar refractivity (Wildman–Crippen MR) is 103 cm³/mol. The van der Waals surface area contributed by atoms with Crippen LogP contribution in [0.2, 0.25) is 0 Å². The first-order chi connectivity index (χ1) is 12.8. The summed E-state index contributed by atoms with van der Waals surface area (Å²) in [6.07, 6.45) is 5.86. The molecule has 27 heavy (non-hydrogen) atoms. The number of ether oxygens (including phenoxy) is 3. The molecule has 1 N–H and O–H groups in total. The highest BCUT2D eigenvalue weighted by atomic mass is 16.5. The highest BCUT2D eigenvalue weighted by Crippen LogP contribution is 1.88. The molecule has 0 saturated heterocycles. The van der Waals surface area contributed by atoms with Gasteiger partial charge in [0.25, 0.3) is 0 Å². The molecule has 8 nitrogen and oxygen atoms in total. The third kappa shape index (κ3) is 39.5. The molecule has 0 aromatic heterocycles. The molecule has 0 aliphatic carbocycles. The molecule has 0 aromatic rings. The van der Waals surface area contributed by atoms with Crippen LogP contribution in [-0.2, 0) is 33.4 Å². The van der Waals surface area contributed by atoms with E-state index in [-0.39, 0.29) is 12.6 Å². The standard InChI is InChI=1S/C7H12O2.C6H8O4.C4H6O2.C2H4/c1-3-5-6-9-7(8)4-2;1-2-10-6(9)4-3-5(7)8;1-3-4(5)6-2;1-2/h4H,2-3,5-6H2,1H3;3-4H,2H2,1H3,(H,7,8);3H,1H2,2H3;1-2H2. The Labute approximate surface area is 160 Å². The van der Waals surface area contributed by atoms with Crippen molar-refractivity contribution in [1.82, 2.24) is 0 Å². The van der Waals surface area contributed by atoms with E-state index in [2.05, 4.69) is 40.5 Å². The van der Waals surface area contributed by atoms with Crippen molar-refractivity contribution in [3.63, 3.8) is 0 Å². The van der Waals surface area contributed by atoms with Crippen molar-refractivity contribution in [3.8, 4) is 0 Å². The van der Waals surface area contributed by atoms with Crippen molar-refractivity contribution in [2.24, 2.45) is 0 Å². The maximum Gasteiger partial charge on any atom is 0.330 e. The van der Waals surface area contributed by atoms with Gasteiger partial charge in [0.2, 0.25) is 0 Å². The van der Waals surface area contributed by atoms with E-state index in [1.165, 1.54) is 13.2 Å². The molecule has 0 amide bonds. The van der Waals surface area contributed by atoms with Crippen LogP contribution in [-0.4, -0.2) is 49.3 Å². The van der Waals surface area contributed by atoms with Gasteiger partial charge in [0.05, 0.1) is 20.3 Å². The summed E-state index contributed by atoms with van der Waals surface area (Å²) in [6.45, 7) is 16.9. The van der Waals surface area contributed by atoms with E-state index >= 15 is 0 Å². The summed E-state index contributed by atoms with van der Waals surface area (Å²) in [7, 11) is 1.31. The van der Waals surface area contributed by atoms with Crippen molar-refractivity contribution in [2.75, 3.05) is 20.3 Å². The van der Waals surface area contributed by atoms with Gasteiger partial charge < -0.3 is 19.3 Å². The molecule has 0 spiro atoms. The Morgan fingerprint density at radius 3 is 1.70 bits per heavy atom. The number of carbonyl (C=O) groups is 4. The molecule has 0 atom stereocenters. The molecule has 0 rings (SSSR count). The number of aliphatic carboxylic acids is 1. The first kappa shape index (κ1) is 31.6. The van der Waals surface area contributed by atoms with E-state index in [0.29, 0.717) is 6.61 Å². The molecule has 0 heterocycles. The fraction of sp³-hybridized carbons (Fsp3) is 0.368. The second-order valence-electron chi connectivity index (χ2n) is 3.88. The summed E-state index contributed by atoms with van der Waals surface area (Å²) in [6, 6.07) is 0. The first-order valence-corrected chi connectivity index (χ1v) is 7.86. The molecule has 0 saturated carbocycles. The second-order valence-corrected chi connectivity index (χ2v) is 3.88. The van der Waals surface area contributed by atoms with Crippen LogP contribution in [0, 0.1) is 0 Å². The zero-order valence-corrected chi connectivity index (χ0v) is 16.3. The number of rotatable bonds is 8. The van der Waals surface area contributed by atoms with Crippen molar-refractivity contribution in [3.05, 3.63) is 50.6 Å². The molecule has 154 valence electrons. The predicted octanol–water partition coefficient (Wildman–Crippen LogP) is 2.85. The van der Waals surface area contributed by atoms with Crippen LogP contribution < -0.4 is 0 Å². The number of hydrogen-bond acceptors (Lipinski definition) is 7. The zero-order chi connectivity index (χ0) is 22.1. The number of hydrogen-bond donors (Lipinski definition) is 1. The normalized spacial score (nSPS) is 8.11. The largest absolute Gasteiger partial charge is 0.478 e. The van der Waals surface area contributed by atoms with Crippen LogP contribution in [0.3, 0.4) is 0 Å². The van der Waals surface area contributed by atoms with Gasteiger partial charge >= 0.3 is 23.9 Å². The van der Waals surface area contributed by atoms with E-state index < -0.39 is 17.9 Å². The van der Waals surface area contributed by atoms with Gasteiger partial charge in [-0.15, -0.1) is 13.2 Å². The molecule has 8 heteroatoms. The number of esters is 3. The Morgan fingerprint density at radius 1 is 0.889 bits per heavy atom. The van der Waals surface area contributed by atoms with Crippen molar-refractivity contribution in [2.45, 2.75) is 26.7 Å².